The van der Waals surface area contributed by atoms with E-state index in [2.05, 4.69) is 60.9 Å². The quantitative estimate of drug-likeness (QED) is 0.551. The van der Waals surface area contributed by atoms with Crippen LogP contribution in [-0.4, -0.2) is 11.9 Å². The van der Waals surface area contributed by atoms with Crippen LogP contribution in [0.4, 0.5) is 5.69 Å². The van der Waals surface area contributed by atoms with Gasteiger partial charge in [0.25, 0.3) is 0 Å². The first-order valence-electron chi connectivity index (χ1n) is 9.69. The van der Waals surface area contributed by atoms with Crippen molar-refractivity contribution in [2.45, 2.75) is 38.8 Å². The second-order valence-electron chi connectivity index (χ2n) is 7.30. The van der Waals surface area contributed by atoms with Gasteiger partial charge < -0.3 is 5.32 Å². The van der Waals surface area contributed by atoms with Crippen LogP contribution in [0.3, 0.4) is 0 Å². The number of nitrogens with zero attached hydrogens (tertiary/aromatic N) is 1. The van der Waals surface area contributed by atoms with E-state index in [1.54, 1.807) is 35.6 Å². The Bertz CT molecular complexity index is 988. The maximum Gasteiger partial charge on any atom is 0.241 e. The number of thiophene rings is 1. The van der Waals surface area contributed by atoms with E-state index in [9.17, 15) is 10.1 Å². The Hall–Kier alpha value is -2.94. The van der Waals surface area contributed by atoms with E-state index in [4.69, 9.17) is 0 Å². The predicted molar refractivity (Wildman–Crippen MR) is 119 cm³/mol. The minimum Gasteiger partial charge on any atom is -0.324 e. The molecule has 29 heavy (non-hydrogen) atoms. The van der Waals surface area contributed by atoms with Crippen molar-refractivity contribution >= 4 is 22.9 Å². The van der Waals surface area contributed by atoms with E-state index in [0.29, 0.717) is 17.2 Å². The summed E-state index contributed by atoms with van der Waals surface area (Å²) >= 11 is 1.66. The van der Waals surface area contributed by atoms with Crippen molar-refractivity contribution in [3.63, 3.8) is 0 Å². The van der Waals surface area contributed by atoms with Gasteiger partial charge in [-0.2, -0.15) is 5.26 Å². The van der Waals surface area contributed by atoms with Crippen molar-refractivity contribution in [1.29, 1.82) is 5.26 Å². The lowest BCUT2D eigenvalue weighted by atomic mass is 9.98. The number of carbonyl (C=O) groups excluding carboxylic acids is 1. The fourth-order valence-corrected chi connectivity index (χ4v) is 3.94. The minimum absolute atomic E-state index is 0.0804. The summed E-state index contributed by atoms with van der Waals surface area (Å²) < 4.78 is 0. The number of rotatable bonds is 7. The van der Waals surface area contributed by atoms with Crippen LogP contribution in [0, 0.1) is 11.3 Å². The molecule has 0 radical (unpaired) electrons. The van der Waals surface area contributed by atoms with Crippen molar-refractivity contribution in [2.75, 3.05) is 5.32 Å². The lowest BCUT2D eigenvalue weighted by Gasteiger charge is -2.23. The molecule has 0 fully saturated rings. The van der Waals surface area contributed by atoms with Gasteiger partial charge in [-0.1, -0.05) is 56.3 Å². The van der Waals surface area contributed by atoms with Crippen molar-refractivity contribution in [1.82, 2.24) is 5.32 Å². The molecule has 0 unspecified atom stereocenters. The topological polar surface area (TPSA) is 64.9 Å². The lowest BCUT2D eigenvalue weighted by molar-refractivity contribution is -0.117. The molecule has 5 heteroatoms. The van der Waals surface area contributed by atoms with Gasteiger partial charge in [0.05, 0.1) is 23.3 Å². The normalized spacial score (nSPS) is 12.9. The number of anilines is 1. The highest BCUT2D eigenvalue weighted by Gasteiger charge is 2.22. The molecule has 0 aliphatic carbocycles. The van der Waals surface area contributed by atoms with Crippen LogP contribution in [0.2, 0.25) is 0 Å². The number of amides is 1. The molecule has 0 aliphatic rings. The Morgan fingerprint density at radius 3 is 2.28 bits per heavy atom. The molecular formula is C24H25N3OS. The van der Waals surface area contributed by atoms with E-state index in [-0.39, 0.29) is 11.9 Å². The summed E-state index contributed by atoms with van der Waals surface area (Å²) in [7, 11) is 0. The molecule has 2 atom stereocenters. The van der Waals surface area contributed by atoms with Gasteiger partial charge in [-0.15, -0.1) is 11.3 Å². The molecule has 1 heterocycles. The van der Waals surface area contributed by atoms with Crippen molar-refractivity contribution in [3.8, 4) is 6.07 Å². The highest BCUT2D eigenvalue weighted by atomic mass is 32.1. The molecule has 0 bridgehead atoms. The van der Waals surface area contributed by atoms with Crippen LogP contribution >= 0.6 is 11.3 Å². The standard InChI is InChI=1S/C24H25N3OS/c1-16(2)18-10-12-19(13-11-18)23(22-9-6-14-29-22)26-17(3)24(28)27-21-8-5-4-7-20(21)15-25/h4-14,16-17,23,26H,1-3H3,(H,27,28)/t17-,23-/m0/s1. The first kappa shape index (κ1) is 20.8. The second-order valence-corrected chi connectivity index (χ2v) is 8.28. The number of para-hydroxylation sites is 1. The second kappa shape index (κ2) is 9.51. The molecule has 0 spiro atoms. The molecule has 3 rings (SSSR count). The number of carbonyl (C=O) groups is 1. The highest BCUT2D eigenvalue weighted by molar-refractivity contribution is 7.10. The van der Waals surface area contributed by atoms with Gasteiger partial charge in [-0.3, -0.25) is 10.1 Å². The van der Waals surface area contributed by atoms with E-state index in [0.717, 1.165) is 10.4 Å². The maximum atomic E-state index is 12.8. The van der Waals surface area contributed by atoms with Crippen LogP contribution in [0.15, 0.2) is 66.0 Å². The van der Waals surface area contributed by atoms with Crippen molar-refractivity contribution in [2.24, 2.45) is 0 Å². The Labute approximate surface area is 176 Å². The van der Waals surface area contributed by atoms with Gasteiger partial charge in [0, 0.05) is 4.88 Å². The molecule has 148 valence electrons. The summed E-state index contributed by atoms with van der Waals surface area (Å²) in [4.78, 5) is 13.9. The fourth-order valence-electron chi connectivity index (χ4n) is 3.13. The van der Waals surface area contributed by atoms with Gasteiger partial charge in [-0.05, 0) is 47.5 Å². The smallest absolute Gasteiger partial charge is 0.241 e. The molecule has 2 aromatic carbocycles. The fraction of sp³-hybridized carbons (Fsp3) is 0.250. The third kappa shape index (κ3) is 5.11. The zero-order valence-electron chi connectivity index (χ0n) is 16.8. The summed E-state index contributed by atoms with van der Waals surface area (Å²) in [5, 5.41) is 17.6. The molecule has 0 aliphatic heterocycles. The minimum atomic E-state index is -0.446. The SMILES string of the molecule is CC(C)c1ccc([C@H](N[C@@H](C)C(=O)Nc2ccccc2C#N)c2cccs2)cc1. The number of hydrogen-bond acceptors (Lipinski definition) is 4. The molecular weight excluding hydrogens is 378 g/mol. The van der Waals surface area contributed by atoms with E-state index in [1.807, 2.05) is 18.4 Å². The summed E-state index contributed by atoms with van der Waals surface area (Å²) in [5.74, 6) is 0.301. The molecule has 0 saturated heterocycles. The van der Waals surface area contributed by atoms with Crippen LogP contribution in [0.25, 0.3) is 0 Å². The third-order valence-electron chi connectivity index (χ3n) is 4.88. The Balaban J connectivity index is 1.79. The van der Waals surface area contributed by atoms with E-state index >= 15 is 0 Å². The number of nitriles is 1. The van der Waals surface area contributed by atoms with Crippen LogP contribution in [0.1, 0.15) is 54.3 Å². The average Bonchev–Trinajstić information content (AvgIpc) is 3.26. The summed E-state index contributed by atoms with van der Waals surface area (Å²) in [6.45, 7) is 6.19. The third-order valence-corrected chi connectivity index (χ3v) is 5.82. The predicted octanol–water partition coefficient (Wildman–Crippen LogP) is 5.45. The van der Waals surface area contributed by atoms with E-state index in [1.165, 1.54) is 5.56 Å². The van der Waals surface area contributed by atoms with Crippen molar-refractivity contribution < 1.29 is 4.79 Å². The zero-order valence-corrected chi connectivity index (χ0v) is 17.7. The average molecular weight is 404 g/mol. The Kier molecular flexibility index (Phi) is 6.82. The molecule has 3 aromatic rings. The van der Waals surface area contributed by atoms with Gasteiger partial charge >= 0.3 is 0 Å². The summed E-state index contributed by atoms with van der Waals surface area (Å²) in [5.41, 5.74) is 3.39. The lowest BCUT2D eigenvalue weighted by Crippen LogP contribution is -2.40. The van der Waals surface area contributed by atoms with Crippen molar-refractivity contribution in [3.05, 3.63) is 87.6 Å². The molecule has 1 amide bonds. The van der Waals surface area contributed by atoms with Gasteiger partial charge in [0.2, 0.25) is 5.91 Å². The maximum absolute atomic E-state index is 12.8. The van der Waals surface area contributed by atoms with Crippen LogP contribution < -0.4 is 10.6 Å². The first-order chi connectivity index (χ1) is 14.0. The molecule has 0 saturated carbocycles. The monoisotopic (exact) mass is 403 g/mol. The van der Waals surface area contributed by atoms with Gasteiger partial charge in [-0.25, -0.2) is 0 Å². The molecule has 2 N–H and O–H groups in total. The molecule has 1 aromatic heterocycles. The number of hydrogen-bond donors (Lipinski definition) is 2. The number of nitrogens with one attached hydrogen (secondary N) is 2. The summed E-state index contributed by atoms with van der Waals surface area (Å²) in [6, 6.07) is 21.3. The van der Waals surface area contributed by atoms with Gasteiger partial charge in [0.15, 0.2) is 0 Å². The largest absolute Gasteiger partial charge is 0.324 e. The summed E-state index contributed by atoms with van der Waals surface area (Å²) in [6.07, 6.45) is 0. The first-order valence-corrected chi connectivity index (χ1v) is 10.6. The van der Waals surface area contributed by atoms with Crippen LogP contribution in [-0.2, 0) is 4.79 Å². The Morgan fingerprint density at radius 2 is 1.66 bits per heavy atom. The van der Waals surface area contributed by atoms with E-state index < -0.39 is 6.04 Å². The zero-order chi connectivity index (χ0) is 20.8. The highest BCUT2D eigenvalue weighted by Crippen LogP contribution is 2.28. The molecule has 4 nitrogen and oxygen atoms in total. The van der Waals surface area contributed by atoms with Gasteiger partial charge in [0.1, 0.15) is 6.07 Å². The number of benzene rings is 2. The Morgan fingerprint density at radius 1 is 0.966 bits per heavy atom. The van der Waals surface area contributed by atoms with Crippen LogP contribution in [0.5, 0.6) is 0 Å².